The molecule has 2 aromatic carbocycles. The lowest BCUT2D eigenvalue weighted by Gasteiger charge is -2.09. The summed E-state index contributed by atoms with van der Waals surface area (Å²) < 4.78 is 5.73. The molecule has 6 heteroatoms. The molecule has 0 spiro atoms. The summed E-state index contributed by atoms with van der Waals surface area (Å²) in [5, 5.41) is 0. The van der Waals surface area contributed by atoms with Gasteiger partial charge in [-0.2, -0.15) is 0 Å². The Balaban J connectivity index is 1.85. The predicted molar refractivity (Wildman–Crippen MR) is 87.2 cm³/mol. The number of hydrogen-bond acceptors (Lipinski definition) is 6. The van der Waals surface area contributed by atoms with E-state index in [-0.39, 0.29) is 0 Å². The van der Waals surface area contributed by atoms with Gasteiger partial charge in [0.25, 0.3) is 0 Å². The minimum atomic E-state index is 0.333. The molecule has 0 bridgehead atoms. The Bertz CT molecular complexity index is 782. The summed E-state index contributed by atoms with van der Waals surface area (Å²) in [5.41, 5.74) is 18.6. The maximum absolute atomic E-state index is 5.85. The molecule has 1 aromatic heterocycles. The van der Waals surface area contributed by atoms with Gasteiger partial charge in [-0.3, -0.25) is 0 Å². The van der Waals surface area contributed by atoms with Crippen molar-refractivity contribution in [2.45, 2.75) is 0 Å². The van der Waals surface area contributed by atoms with Crippen molar-refractivity contribution >= 4 is 17.3 Å². The average molecular weight is 293 g/mol. The average Bonchev–Trinajstić information content (AvgIpc) is 2.49. The van der Waals surface area contributed by atoms with E-state index in [0.717, 1.165) is 5.56 Å². The van der Waals surface area contributed by atoms with Gasteiger partial charge in [0, 0.05) is 11.6 Å². The second-order valence-electron chi connectivity index (χ2n) is 4.71. The first kappa shape index (κ1) is 13.7. The molecule has 6 N–H and O–H groups in total. The molecule has 0 aliphatic carbocycles. The summed E-state index contributed by atoms with van der Waals surface area (Å²) in [6, 6.07) is 16.1. The Kier molecular flexibility index (Phi) is 3.49. The second-order valence-corrected chi connectivity index (χ2v) is 4.71. The molecule has 3 rings (SSSR count). The molecule has 22 heavy (non-hydrogen) atoms. The first-order chi connectivity index (χ1) is 10.6. The van der Waals surface area contributed by atoms with Crippen LogP contribution in [0.5, 0.6) is 11.5 Å². The molecule has 0 atom stereocenters. The van der Waals surface area contributed by atoms with Crippen molar-refractivity contribution in [2.24, 2.45) is 0 Å². The molecule has 3 aromatic rings. The van der Waals surface area contributed by atoms with Crippen LogP contribution in [0.1, 0.15) is 0 Å². The molecule has 0 aliphatic rings. The van der Waals surface area contributed by atoms with Crippen molar-refractivity contribution in [2.75, 3.05) is 17.2 Å². The molecule has 0 unspecified atom stereocenters. The minimum absolute atomic E-state index is 0.333. The maximum atomic E-state index is 5.85. The highest BCUT2D eigenvalue weighted by atomic mass is 16.5. The lowest BCUT2D eigenvalue weighted by Crippen LogP contribution is -1.99. The van der Waals surface area contributed by atoms with Crippen LogP contribution in [0.15, 0.2) is 54.6 Å². The fourth-order valence-corrected chi connectivity index (χ4v) is 1.99. The number of rotatable bonds is 3. The summed E-state index contributed by atoms with van der Waals surface area (Å²) in [4.78, 5) is 8.32. The predicted octanol–water partition coefficient (Wildman–Crippen LogP) is 2.68. The topological polar surface area (TPSA) is 113 Å². The molecule has 0 fully saturated rings. The van der Waals surface area contributed by atoms with Gasteiger partial charge in [-0.15, -0.1) is 0 Å². The van der Waals surface area contributed by atoms with Crippen LogP contribution < -0.4 is 21.9 Å². The summed E-state index contributed by atoms with van der Waals surface area (Å²) in [5.74, 6) is 2.42. The number of nitrogens with two attached hydrogens (primary N) is 3. The van der Waals surface area contributed by atoms with Gasteiger partial charge in [0.2, 0.25) is 0 Å². The van der Waals surface area contributed by atoms with E-state index in [0.29, 0.717) is 34.6 Å². The molecule has 6 nitrogen and oxygen atoms in total. The SMILES string of the molecule is Nc1cc(N)nc(-c2ccc(Oc3ccccc3N)cc2)n1. The van der Waals surface area contributed by atoms with Crippen LogP contribution in [-0.4, -0.2) is 9.97 Å². The molecule has 1 heterocycles. The van der Waals surface area contributed by atoms with Crippen molar-refractivity contribution in [3.63, 3.8) is 0 Å². The highest BCUT2D eigenvalue weighted by Gasteiger charge is 2.06. The van der Waals surface area contributed by atoms with Gasteiger partial charge in [0.15, 0.2) is 5.82 Å². The van der Waals surface area contributed by atoms with Crippen molar-refractivity contribution in [3.05, 3.63) is 54.6 Å². The molecule has 0 saturated carbocycles. The minimum Gasteiger partial charge on any atom is -0.455 e. The van der Waals surface area contributed by atoms with Gasteiger partial charge in [-0.25, -0.2) is 9.97 Å². The van der Waals surface area contributed by atoms with Crippen molar-refractivity contribution in [1.29, 1.82) is 0 Å². The van der Waals surface area contributed by atoms with Gasteiger partial charge in [-0.1, -0.05) is 12.1 Å². The van der Waals surface area contributed by atoms with Crippen molar-refractivity contribution in [1.82, 2.24) is 9.97 Å². The normalized spacial score (nSPS) is 10.4. The van der Waals surface area contributed by atoms with Gasteiger partial charge in [0.05, 0.1) is 5.69 Å². The van der Waals surface area contributed by atoms with Crippen LogP contribution in [0.3, 0.4) is 0 Å². The Labute approximate surface area is 127 Å². The van der Waals surface area contributed by atoms with E-state index in [4.69, 9.17) is 21.9 Å². The number of nitrogens with zero attached hydrogens (tertiary/aromatic N) is 2. The highest BCUT2D eigenvalue weighted by Crippen LogP contribution is 2.28. The van der Waals surface area contributed by atoms with Gasteiger partial charge < -0.3 is 21.9 Å². The van der Waals surface area contributed by atoms with Gasteiger partial charge in [0.1, 0.15) is 23.1 Å². The van der Waals surface area contributed by atoms with Gasteiger partial charge in [-0.05, 0) is 36.4 Å². The fourth-order valence-electron chi connectivity index (χ4n) is 1.99. The number of benzene rings is 2. The smallest absolute Gasteiger partial charge is 0.163 e. The fraction of sp³-hybridized carbons (Fsp3) is 0. The van der Waals surface area contributed by atoms with Crippen LogP contribution >= 0.6 is 0 Å². The Morgan fingerprint density at radius 1 is 0.773 bits per heavy atom. The highest BCUT2D eigenvalue weighted by molar-refractivity contribution is 5.61. The number of aromatic nitrogens is 2. The van der Waals surface area contributed by atoms with E-state index in [2.05, 4.69) is 9.97 Å². The van der Waals surface area contributed by atoms with Crippen LogP contribution in [0, 0.1) is 0 Å². The zero-order chi connectivity index (χ0) is 15.5. The zero-order valence-corrected chi connectivity index (χ0v) is 11.7. The number of para-hydroxylation sites is 2. The molecule has 110 valence electrons. The van der Waals surface area contributed by atoms with Crippen LogP contribution in [-0.2, 0) is 0 Å². The molecule has 0 amide bonds. The lowest BCUT2D eigenvalue weighted by molar-refractivity contribution is 0.485. The third-order valence-electron chi connectivity index (χ3n) is 3.03. The number of anilines is 3. The summed E-state index contributed by atoms with van der Waals surface area (Å²) in [6.45, 7) is 0. The van der Waals surface area contributed by atoms with E-state index >= 15 is 0 Å². The number of ether oxygens (including phenoxy) is 1. The summed E-state index contributed by atoms with van der Waals surface area (Å²) in [6.07, 6.45) is 0. The second kappa shape index (κ2) is 5.61. The molecule has 0 aliphatic heterocycles. The van der Waals surface area contributed by atoms with E-state index in [1.807, 2.05) is 42.5 Å². The lowest BCUT2D eigenvalue weighted by atomic mass is 10.2. The monoisotopic (exact) mass is 293 g/mol. The first-order valence-electron chi connectivity index (χ1n) is 6.64. The number of nitrogen functional groups attached to an aromatic ring is 3. The van der Waals surface area contributed by atoms with E-state index in [1.54, 1.807) is 6.07 Å². The van der Waals surface area contributed by atoms with Crippen LogP contribution in [0.25, 0.3) is 11.4 Å². The quantitative estimate of drug-likeness (QED) is 0.640. The van der Waals surface area contributed by atoms with Crippen molar-refractivity contribution < 1.29 is 4.74 Å². The molecule has 0 saturated heterocycles. The van der Waals surface area contributed by atoms with E-state index in [1.165, 1.54) is 6.07 Å². The number of hydrogen-bond donors (Lipinski definition) is 3. The van der Waals surface area contributed by atoms with Gasteiger partial charge >= 0.3 is 0 Å². The summed E-state index contributed by atoms with van der Waals surface area (Å²) in [7, 11) is 0. The van der Waals surface area contributed by atoms with Crippen LogP contribution in [0.2, 0.25) is 0 Å². The Morgan fingerprint density at radius 2 is 1.41 bits per heavy atom. The van der Waals surface area contributed by atoms with E-state index < -0.39 is 0 Å². The van der Waals surface area contributed by atoms with E-state index in [9.17, 15) is 0 Å². The largest absolute Gasteiger partial charge is 0.455 e. The Hall–Kier alpha value is -3.28. The molecule has 0 radical (unpaired) electrons. The zero-order valence-electron chi connectivity index (χ0n) is 11.7. The molecular formula is C16H15N5O. The Morgan fingerprint density at radius 3 is 2.05 bits per heavy atom. The third kappa shape index (κ3) is 2.90. The first-order valence-corrected chi connectivity index (χ1v) is 6.64. The third-order valence-corrected chi connectivity index (χ3v) is 3.03. The standard InChI is InChI=1S/C16H15N5O/c17-12-3-1-2-4-13(12)22-11-7-5-10(6-8-11)16-20-14(18)9-15(19)21-16/h1-9H,17H2,(H4,18,19,20,21). The summed E-state index contributed by atoms with van der Waals surface area (Å²) >= 11 is 0. The van der Waals surface area contributed by atoms with Crippen molar-refractivity contribution in [3.8, 4) is 22.9 Å². The van der Waals surface area contributed by atoms with Crippen LogP contribution in [0.4, 0.5) is 17.3 Å². The molecular weight excluding hydrogens is 278 g/mol. The maximum Gasteiger partial charge on any atom is 0.163 e.